The van der Waals surface area contributed by atoms with Gasteiger partial charge in [-0.15, -0.1) is 0 Å². The van der Waals surface area contributed by atoms with Crippen LogP contribution in [0.15, 0.2) is 60.2 Å². The van der Waals surface area contributed by atoms with Crippen molar-refractivity contribution < 1.29 is 14.6 Å². The van der Waals surface area contributed by atoms with Crippen molar-refractivity contribution in [2.24, 2.45) is 0 Å². The summed E-state index contributed by atoms with van der Waals surface area (Å²) in [4.78, 5) is 12.5. The Kier molecular flexibility index (Phi) is 5.70. The number of phenols is 1. The third-order valence-electron chi connectivity index (χ3n) is 4.59. The Bertz CT molecular complexity index is 1100. The normalized spacial score (nSPS) is 11.0. The number of rotatable bonds is 5. The van der Waals surface area contributed by atoms with E-state index in [9.17, 15) is 15.2 Å². The number of aromatic nitrogens is 1. The van der Waals surface area contributed by atoms with Crippen molar-refractivity contribution in [2.45, 2.75) is 13.8 Å². The van der Waals surface area contributed by atoms with Crippen LogP contribution in [0.2, 0.25) is 0 Å². The summed E-state index contributed by atoms with van der Waals surface area (Å²) >= 11 is 0. The van der Waals surface area contributed by atoms with Crippen LogP contribution in [-0.4, -0.2) is 22.7 Å². The number of hydrogen-bond donors (Lipinski definition) is 2. The number of aryl methyl sites for hydroxylation is 1. The van der Waals surface area contributed by atoms with Crippen molar-refractivity contribution in [1.82, 2.24) is 4.57 Å². The van der Waals surface area contributed by atoms with E-state index in [0.29, 0.717) is 11.4 Å². The Balaban J connectivity index is 1.88. The second-order valence-corrected chi connectivity index (χ2v) is 6.53. The van der Waals surface area contributed by atoms with Gasteiger partial charge in [-0.3, -0.25) is 4.79 Å². The van der Waals surface area contributed by atoms with E-state index < -0.39 is 5.91 Å². The van der Waals surface area contributed by atoms with Crippen molar-refractivity contribution in [3.63, 3.8) is 0 Å². The minimum atomic E-state index is -0.480. The molecule has 146 valence electrons. The summed E-state index contributed by atoms with van der Waals surface area (Å²) in [5.74, 6) is 0.395. The van der Waals surface area contributed by atoms with Crippen LogP contribution in [0.1, 0.15) is 17.0 Å². The lowest BCUT2D eigenvalue weighted by Gasteiger charge is -2.09. The molecular formula is C23H21N3O3. The maximum Gasteiger partial charge on any atom is 0.266 e. The van der Waals surface area contributed by atoms with E-state index in [0.717, 1.165) is 22.6 Å². The van der Waals surface area contributed by atoms with Crippen LogP contribution in [0.3, 0.4) is 0 Å². The third-order valence-corrected chi connectivity index (χ3v) is 4.59. The van der Waals surface area contributed by atoms with E-state index in [2.05, 4.69) is 5.32 Å². The molecule has 0 fully saturated rings. The summed E-state index contributed by atoms with van der Waals surface area (Å²) in [6, 6.07) is 17.6. The first-order valence-electron chi connectivity index (χ1n) is 8.98. The second-order valence-electron chi connectivity index (χ2n) is 6.53. The number of phenolic OH excluding ortho intramolecular Hbond substituents is 1. The first-order chi connectivity index (χ1) is 13.9. The minimum absolute atomic E-state index is 0.00627. The van der Waals surface area contributed by atoms with Gasteiger partial charge in [0.1, 0.15) is 23.1 Å². The number of ether oxygens (including phenoxy) is 1. The Morgan fingerprint density at radius 2 is 1.79 bits per heavy atom. The molecule has 0 aliphatic rings. The van der Waals surface area contributed by atoms with Crippen LogP contribution in [0.4, 0.5) is 5.69 Å². The Morgan fingerprint density at radius 3 is 2.38 bits per heavy atom. The largest absolute Gasteiger partial charge is 0.508 e. The summed E-state index contributed by atoms with van der Waals surface area (Å²) in [6.45, 7) is 3.86. The summed E-state index contributed by atoms with van der Waals surface area (Å²) in [7, 11) is 1.57. The van der Waals surface area contributed by atoms with Gasteiger partial charge in [0, 0.05) is 22.8 Å². The monoisotopic (exact) mass is 387 g/mol. The quantitative estimate of drug-likeness (QED) is 0.503. The molecule has 1 heterocycles. The SMILES string of the molecule is COc1ccc(NC(=O)C(C#N)=Cc2cc(C)n(-c3ccc(O)cc3)c2C)cc1. The van der Waals surface area contributed by atoms with Crippen LogP contribution in [0, 0.1) is 25.2 Å². The lowest BCUT2D eigenvalue weighted by atomic mass is 10.1. The molecule has 0 aliphatic heterocycles. The highest BCUT2D eigenvalue weighted by Gasteiger charge is 2.14. The highest BCUT2D eigenvalue weighted by molar-refractivity contribution is 6.09. The first kappa shape index (κ1) is 19.8. The van der Waals surface area contributed by atoms with Gasteiger partial charge in [0.2, 0.25) is 0 Å². The van der Waals surface area contributed by atoms with E-state index >= 15 is 0 Å². The van der Waals surface area contributed by atoms with E-state index in [-0.39, 0.29) is 11.3 Å². The lowest BCUT2D eigenvalue weighted by molar-refractivity contribution is -0.112. The molecule has 2 N–H and O–H groups in total. The Hall–Kier alpha value is -3.98. The molecule has 1 amide bonds. The van der Waals surface area contributed by atoms with Crippen molar-refractivity contribution in [2.75, 3.05) is 12.4 Å². The fraction of sp³-hybridized carbons (Fsp3) is 0.130. The van der Waals surface area contributed by atoms with Crippen molar-refractivity contribution in [3.05, 3.63) is 77.1 Å². The van der Waals surface area contributed by atoms with Gasteiger partial charge in [-0.05, 0) is 80.1 Å². The van der Waals surface area contributed by atoms with Gasteiger partial charge < -0.3 is 19.7 Å². The van der Waals surface area contributed by atoms with Crippen molar-refractivity contribution >= 4 is 17.7 Å². The fourth-order valence-corrected chi connectivity index (χ4v) is 3.11. The maximum absolute atomic E-state index is 12.5. The average Bonchev–Trinajstić information content (AvgIpc) is 3.00. The third kappa shape index (κ3) is 4.30. The molecule has 0 saturated heterocycles. The predicted octanol–water partition coefficient (Wildman–Crippen LogP) is 4.35. The summed E-state index contributed by atoms with van der Waals surface area (Å²) in [5.41, 5.74) is 4.08. The van der Waals surface area contributed by atoms with Gasteiger partial charge in [-0.1, -0.05) is 0 Å². The summed E-state index contributed by atoms with van der Waals surface area (Å²) in [6.07, 6.45) is 1.58. The molecule has 2 aromatic carbocycles. The molecule has 0 radical (unpaired) electrons. The fourth-order valence-electron chi connectivity index (χ4n) is 3.11. The highest BCUT2D eigenvalue weighted by atomic mass is 16.5. The van der Waals surface area contributed by atoms with Crippen LogP contribution in [0.5, 0.6) is 11.5 Å². The molecule has 0 aliphatic carbocycles. The predicted molar refractivity (Wildman–Crippen MR) is 112 cm³/mol. The molecule has 0 saturated carbocycles. The number of benzene rings is 2. The van der Waals surface area contributed by atoms with Crippen molar-refractivity contribution in [1.29, 1.82) is 5.26 Å². The van der Waals surface area contributed by atoms with Crippen LogP contribution < -0.4 is 10.1 Å². The topological polar surface area (TPSA) is 87.3 Å². The number of carbonyl (C=O) groups is 1. The number of carbonyl (C=O) groups excluding carboxylic acids is 1. The molecule has 0 spiro atoms. The number of nitriles is 1. The average molecular weight is 387 g/mol. The standard InChI is InChI=1S/C23H21N3O3/c1-15-12-17(16(2)26(15)20-6-8-21(27)9-7-20)13-18(14-24)23(28)25-19-4-10-22(29-3)11-5-19/h4-13,27H,1-3H3,(H,25,28). The zero-order chi connectivity index (χ0) is 21.0. The molecular weight excluding hydrogens is 366 g/mol. The molecule has 3 rings (SSSR count). The second kappa shape index (κ2) is 8.36. The van der Waals surface area contributed by atoms with Gasteiger partial charge in [0.05, 0.1) is 7.11 Å². The highest BCUT2D eigenvalue weighted by Crippen LogP contribution is 2.24. The molecule has 0 atom stereocenters. The van der Waals surface area contributed by atoms with Crippen LogP contribution >= 0.6 is 0 Å². The zero-order valence-electron chi connectivity index (χ0n) is 16.4. The summed E-state index contributed by atoms with van der Waals surface area (Å²) in [5, 5.41) is 21.7. The molecule has 0 unspecified atom stereocenters. The van der Waals surface area contributed by atoms with Gasteiger partial charge in [0.15, 0.2) is 0 Å². The van der Waals surface area contributed by atoms with Crippen molar-refractivity contribution in [3.8, 4) is 23.3 Å². The number of aromatic hydroxyl groups is 1. The number of anilines is 1. The van der Waals surface area contributed by atoms with E-state index in [1.165, 1.54) is 0 Å². The van der Waals surface area contributed by atoms with E-state index in [4.69, 9.17) is 4.74 Å². The molecule has 3 aromatic rings. The summed E-state index contributed by atoms with van der Waals surface area (Å²) < 4.78 is 7.10. The molecule has 6 heteroatoms. The Morgan fingerprint density at radius 1 is 1.14 bits per heavy atom. The van der Waals surface area contributed by atoms with Gasteiger partial charge >= 0.3 is 0 Å². The van der Waals surface area contributed by atoms with Gasteiger partial charge in [0.25, 0.3) is 5.91 Å². The Labute approximate surface area is 169 Å². The minimum Gasteiger partial charge on any atom is -0.508 e. The van der Waals surface area contributed by atoms with E-state index in [1.807, 2.05) is 42.7 Å². The lowest BCUT2D eigenvalue weighted by Crippen LogP contribution is -2.13. The first-order valence-corrected chi connectivity index (χ1v) is 8.98. The number of nitrogens with one attached hydrogen (secondary N) is 1. The molecule has 0 bridgehead atoms. The molecule has 29 heavy (non-hydrogen) atoms. The van der Waals surface area contributed by atoms with Gasteiger partial charge in [-0.25, -0.2) is 0 Å². The number of hydrogen-bond acceptors (Lipinski definition) is 4. The number of nitrogens with zero attached hydrogens (tertiary/aromatic N) is 2. The van der Waals surface area contributed by atoms with Crippen LogP contribution in [0.25, 0.3) is 11.8 Å². The number of methoxy groups -OCH3 is 1. The van der Waals surface area contributed by atoms with Crippen LogP contribution in [-0.2, 0) is 4.79 Å². The molecule has 6 nitrogen and oxygen atoms in total. The molecule has 1 aromatic heterocycles. The van der Waals surface area contributed by atoms with Gasteiger partial charge in [-0.2, -0.15) is 5.26 Å². The van der Waals surface area contributed by atoms with E-state index in [1.54, 1.807) is 49.6 Å². The maximum atomic E-state index is 12.5. The smallest absolute Gasteiger partial charge is 0.266 e. The number of amides is 1. The zero-order valence-corrected chi connectivity index (χ0v) is 16.4.